The molecule has 45 heavy (non-hydrogen) atoms. The van der Waals surface area contributed by atoms with Crippen molar-refractivity contribution in [1.29, 1.82) is 0 Å². The summed E-state index contributed by atoms with van der Waals surface area (Å²) in [4.78, 5) is 38.5. The molecule has 0 amide bonds. The van der Waals surface area contributed by atoms with E-state index in [0.29, 0.717) is 17.8 Å². The molecule has 0 unspecified atom stereocenters. The van der Waals surface area contributed by atoms with Gasteiger partial charge in [-0.15, -0.1) is 0 Å². The fourth-order valence-electron chi connectivity index (χ4n) is 12.6. The number of fused-ring (bicyclic) bond motifs is 8. The Morgan fingerprint density at radius 2 is 1.69 bits per heavy atom. The molecule has 4 fully saturated rings. The van der Waals surface area contributed by atoms with Crippen molar-refractivity contribution >= 4 is 17.8 Å². The van der Waals surface area contributed by atoms with E-state index in [-0.39, 0.29) is 59.1 Å². The van der Waals surface area contributed by atoms with Crippen LogP contribution in [0.1, 0.15) is 116 Å². The summed E-state index contributed by atoms with van der Waals surface area (Å²) in [6.07, 6.45) is 12.5. The summed E-state index contributed by atoms with van der Waals surface area (Å²) >= 11 is 0. The van der Waals surface area contributed by atoms with Gasteiger partial charge in [0.1, 0.15) is 13.2 Å². The third-order valence-electron chi connectivity index (χ3n) is 14.6. The van der Waals surface area contributed by atoms with E-state index in [4.69, 9.17) is 14.6 Å². The number of carbonyl (C=O) groups excluding carboxylic acids is 3. The minimum atomic E-state index is -0.485. The van der Waals surface area contributed by atoms with Gasteiger partial charge in [0.25, 0.3) is 0 Å². The van der Waals surface area contributed by atoms with E-state index < -0.39 is 10.8 Å². The third-order valence-corrected chi connectivity index (χ3v) is 14.6. The van der Waals surface area contributed by atoms with Crippen LogP contribution < -0.4 is 0 Å². The third kappa shape index (κ3) is 4.34. The Hall–Kier alpha value is -2.70. The number of aromatic nitrogens is 2. The SMILES string of the molecule is C=CCOC(=O)[C@]12CC[C@@H](C(=C)C)[C@@H]1[C@H]1CC[C@@H]3[C@@]4(C)Cc5cn(C(C)=O)nc5[C@@](C)(COC(C)=O)[C@@H]4CC[C@@]3(C)[C@]1(C)CC2. The minimum absolute atomic E-state index is 0.0234. The van der Waals surface area contributed by atoms with Gasteiger partial charge in [0.2, 0.25) is 5.91 Å². The number of hydrogen-bond donors (Lipinski definition) is 0. The molecule has 5 aliphatic carbocycles. The van der Waals surface area contributed by atoms with E-state index in [1.807, 2.05) is 6.20 Å². The van der Waals surface area contributed by atoms with Crippen molar-refractivity contribution in [2.75, 3.05) is 13.2 Å². The van der Waals surface area contributed by atoms with Crippen LogP contribution in [-0.4, -0.2) is 40.8 Å². The van der Waals surface area contributed by atoms with Crippen LogP contribution in [0, 0.1) is 51.2 Å². The van der Waals surface area contributed by atoms with E-state index in [9.17, 15) is 14.4 Å². The lowest BCUT2D eigenvalue weighted by Crippen LogP contribution is -2.67. The highest BCUT2D eigenvalue weighted by molar-refractivity contribution is 5.78. The van der Waals surface area contributed by atoms with Crippen molar-refractivity contribution in [2.45, 2.75) is 112 Å². The van der Waals surface area contributed by atoms with Crippen LogP contribution in [0.15, 0.2) is 31.0 Å². The molecule has 0 spiro atoms. The normalized spacial score (nSPS) is 43.0. The lowest BCUT2D eigenvalue weighted by molar-refractivity contribution is -0.231. The Labute approximate surface area is 269 Å². The fraction of sp³-hybridized carbons (Fsp3) is 0.737. The predicted molar refractivity (Wildman–Crippen MR) is 173 cm³/mol. The van der Waals surface area contributed by atoms with Crippen LogP contribution in [0.4, 0.5) is 0 Å². The maximum absolute atomic E-state index is 13.9. The van der Waals surface area contributed by atoms with Gasteiger partial charge in [0.05, 0.1) is 11.1 Å². The molecule has 1 aromatic heterocycles. The Balaban J connectivity index is 1.42. The lowest BCUT2D eigenvalue weighted by atomic mass is 9.32. The van der Waals surface area contributed by atoms with Crippen LogP contribution in [-0.2, 0) is 30.9 Å². The summed E-state index contributed by atoms with van der Waals surface area (Å²) in [7, 11) is 0. The van der Waals surface area contributed by atoms with E-state index >= 15 is 0 Å². The molecule has 10 atom stereocenters. The average Bonchev–Trinajstić information content (AvgIpc) is 3.58. The minimum Gasteiger partial charge on any atom is -0.465 e. The van der Waals surface area contributed by atoms with Gasteiger partial charge in [0, 0.05) is 25.5 Å². The molecule has 0 N–H and O–H groups in total. The number of hydrogen-bond acceptors (Lipinski definition) is 6. The molecule has 7 nitrogen and oxygen atoms in total. The molecule has 246 valence electrons. The van der Waals surface area contributed by atoms with Crippen molar-refractivity contribution in [3.8, 4) is 0 Å². The molecule has 0 radical (unpaired) electrons. The molecule has 4 saturated carbocycles. The zero-order chi connectivity index (χ0) is 32.7. The molecule has 6 rings (SSSR count). The summed E-state index contributed by atoms with van der Waals surface area (Å²) in [5.74, 6) is 1.29. The molecule has 0 bridgehead atoms. The van der Waals surface area contributed by atoms with E-state index in [2.05, 4.69) is 47.8 Å². The summed E-state index contributed by atoms with van der Waals surface area (Å²) in [6.45, 7) is 23.8. The molecule has 0 aromatic carbocycles. The zero-order valence-electron chi connectivity index (χ0n) is 28.7. The number of allylic oxidation sites excluding steroid dienone is 1. The second-order valence-electron chi connectivity index (χ2n) is 16.6. The quantitative estimate of drug-likeness (QED) is 0.243. The van der Waals surface area contributed by atoms with Crippen molar-refractivity contribution in [2.24, 2.45) is 51.2 Å². The standard InChI is InChI=1S/C38H54N2O5/c1-10-19-44-33(43)38-16-13-27(23(2)3)31(38)28-11-12-30-34(6)20-26-21-40(24(4)41)39-32(26)35(7,22-45-25(5)42)29(34)14-15-37(30,9)36(28,8)17-18-38/h10,21,27-31H,1-2,11-20,22H2,3-9H3/t27-,28+,29+,30+,31+,34-,35-,36+,37+,38-/m0/s1. The number of carbonyl (C=O) groups is 3. The average molecular weight is 619 g/mol. The molecule has 0 aliphatic heterocycles. The van der Waals surface area contributed by atoms with Gasteiger partial charge in [-0.1, -0.05) is 52.5 Å². The highest BCUT2D eigenvalue weighted by Crippen LogP contribution is 2.77. The highest BCUT2D eigenvalue weighted by atomic mass is 16.5. The van der Waals surface area contributed by atoms with Crippen LogP contribution in [0.2, 0.25) is 0 Å². The summed E-state index contributed by atoms with van der Waals surface area (Å²) in [5, 5.41) is 4.83. The molecular formula is C38H54N2O5. The highest BCUT2D eigenvalue weighted by Gasteiger charge is 2.72. The van der Waals surface area contributed by atoms with Gasteiger partial charge >= 0.3 is 11.9 Å². The first-order chi connectivity index (χ1) is 21.1. The monoisotopic (exact) mass is 618 g/mol. The first kappa shape index (κ1) is 32.2. The number of rotatable bonds is 6. The maximum atomic E-state index is 13.9. The Bertz CT molecular complexity index is 1450. The van der Waals surface area contributed by atoms with Gasteiger partial charge in [-0.2, -0.15) is 5.10 Å². The summed E-state index contributed by atoms with van der Waals surface area (Å²) in [5.41, 5.74) is 2.37. The van der Waals surface area contributed by atoms with E-state index in [1.54, 1.807) is 13.0 Å². The van der Waals surface area contributed by atoms with Crippen LogP contribution in [0.3, 0.4) is 0 Å². The Morgan fingerprint density at radius 3 is 2.33 bits per heavy atom. The van der Waals surface area contributed by atoms with Gasteiger partial charge in [-0.3, -0.25) is 14.4 Å². The second kappa shape index (κ2) is 10.7. The maximum Gasteiger partial charge on any atom is 0.312 e. The van der Waals surface area contributed by atoms with Crippen molar-refractivity contribution in [3.63, 3.8) is 0 Å². The smallest absolute Gasteiger partial charge is 0.312 e. The van der Waals surface area contributed by atoms with Crippen molar-refractivity contribution in [3.05, 3.63) is 42.3 Å². The number of ether oxygens (including phenoxy) is 2. The van der Waals surface area contributed by atoms with E-state index in [0.717, 1.165) is 69.0 Å². The zero-order valence-corrected chi connectivity index (χ0v) is 28.7. The second-order valence-corrected chi connectivity index (χ2v) is 16.6. The molecule has 1 heterocycles. The van der Waals surface area contributed by atoms with Crippen molar-refractivity contribution < 1.29 is 23.9 Å². The van der Waals surface area contributed by atoms with Crippen molar-refractivity contribution in [1.82, 2.24) is 9.78 Å². The molecule has 0 saturated heterocycles. The molecule has 5 aliphatic rings. The van der Waals surface area contributed by atoms with Gasteiger partial charge < -0.3 is 9.47 Å². The van der Waals surface area contributed by atoms with Crippen LogP contribution in [0.5, 0.6) is 0 Å². The van der Waals surface area contributed by atoms with E-state index in [1.165, 1.54) is 17.2 Å². The van der Waals surface area contributed by atoms with Crippen LogP contribution >= 0.6 is 0 Å². The number of nitrogens with zero attached hydrogens (tertiary/aromatic N) is 2. The molecular weight excluding hydrogens is 564 g/mol. The molecule has 7 heteroatoms. The van der Waals surface area contributed by atoms with Gasteiger partial charge in [-0.25, -0.2) is 4.68 Å². The fourth-order valence-corrected chi connectivity index (χ4v) is 12.6. The summed E-state index contributed by atoms with van der Waals surface area (Å²) < 4.78 is 13.1. The first-order valence-electron chi connectivity index (χ1n) is 17.3. The van der Waals surface area contributed by atoms with Crippen LogP contribution in [0.25, 0.3) is 0 Å². The topological polar surface area (TPSA) is 87.5 Å². The Morgan fingerprint density at radius 1 is 0.956 bits per heavy atom. The van der Waals surface area contributed by atoms with Gasteiger partial charge in [-0.05, 0) is 116 Å². The lowest BCUT2D eigenvalue weighted by Gasteiger charge is -2.72. The van der Waals surface area contributed by atoms with Gasteiger partial charge in [0.15, 0.2) is 0 Å². The number of esters is 2. The molecule has 1 aromatic rings. The largest absolute Gasteiger partial charge is 0.465 e. The predicted octanol–water partition coefficient (Wildman–Crippen LogP) is 7.49. The summed E-state index contributed by atoms with van der Waals surface area (Å²) in [6, 6.07) is 0. The first-order valence-corrected chi connectivity index (χ1v) is 17.3. The Kier molecular flexibility index (Phi) is 7.64.